The van der Waals surface area contributed by atoms with Gasteiger partial charge < -0.3 is 15.8 Å². The molecule has 1 saturated carbocycles. The third-order valence-corrected chi connectivity index (χ3v) is 7.04. The molecule has 5 rings (SSSR count). The van der Waals surface area contributed by atoms with Crippen LogP contribution in [0.15, 0.2) is 78.3 Å². The summed E-state index contributed by atoms with van der Waals surface area (Å²) in [6.45, 7) is 0.653. The Kier molecular flexibility index (Phi) is 8.06. The number of ether oxygens (including phenoxy) is 1. The molecule has 0 bridgehead atoms. The zero-order valence-electron chi connectivity index (χ0n) is 21.9. The fourth-order valence-corrected chi connectivity index (χ4v) is 4.64. The molecule has 212 valence electrons. The van der Waals surface area contributed by atoms with Gasteiger partial charge in [-0.05, 0) is 66.6 Å². The number of nitrogens with zero attached hydrogens (tertiary/aromatic N) is 3. The van der Waals surface area contributed by atoms with Crippen LogP contribution in [0, 0.1) is 23.2 Å². The molecule has 11 heteroatoms. The number of benzene rings is 2. The van der Waals surface area contributed by atoms with Crippen LogP contribution >= 0.6 is 0 Å². The summed E-state index contributed by atoms with van der Waals surface area (Å²) in [6, 6.07) is 15.9. The molecule has 3 aromatic rings. The summed E-state index contributed by atoms with van der Waals surface area (Å²) in [5, 5.41) is 15.2. The number of halogens is 4. The Hall–Kier alpha value is -4.27. The lowest BCUT2D eigenvalue weighted by Crippen LogP contribution is -2.28. The third kappa shape index (κ3) is 6.56. The minimum absolute atomic E-state index is 0.135. The molecule has 41 heavy (non-hydrogen) atoms. The minimum Gasteiger partial charge on any atom is -0.373 e. The molecule has 3 N–H and O–H groups in total. The van der Waals surface area contributed by atoms with Crippen molar-refractivity contribution in [3.05, 3.63) is 106 Å². The van der Waals surface area contributed by atoms with E-state index in [1.54, 1.807) is 36.4 Å². The van der Waals surface area contributed by atoms with Gasteiger partial charge in [-0.1, -0.05) is 30.3 Å². The molecule has 2 atom stereocenters. The maximum Gasteiger partial charge on any atom is 0.435 e. The molecule has 2 unspecified atom stereocenters. The molecule has 0 radical (unpaired) electrons. The van der Waals surface area contributed by atoms with Crippen molar-refractivity contribution in [1.82, 2.24) is 15.1 Å². The number of alkyl halides is 3. The Labute approximate surface area is 233 Å². The van der Waals surface area contributed by atoms with E-state index in [4.69, 9.17) is 15.7 Å². The van der Waals surface area contributed by atoms with Crippen molar-refractivity contribution in [1.29, 1.82) is 5.26 Å². The van der Waals surface area contributed by atoms with Gasteiger partial charge in [-0.15, -0.1) is 0 Å². The molecule has 7 nitrogen and oxygen atoms in total. The maximum atomic E-state index is 15.0. The summed E-state index contributed by atoms with van der Waals surface area (Å²) in [4.78, 5) is 13.3. The van der Waals surface area contributed by atoms with E-state index in [1.807, 2.05) is 0 Å². The predicted molar refractivity (Wildman–Crippen MR) is 142 cm³/mol. The Balaban J connectivity index is 1.45. The van der Waals surface area contributed by atoms with E-state index in [0.717, 1.165) is 23.1 Å². The lowest BCUT2D eigenvalue weighted by atomic mass is 9.88. The topological polar surface area (TPSA) is 106 Å². The predicted octanol–water partition coefficient (Wildman–Crippen LogP) is 5.88. The van der Waals surface area contributed by atoms with Gasteiger partial charge in [0.1, 0.15) is 11.5 Å². The minimum atomic E-state index is -4.81. The average Bonchev–Trinajstić information content (AvgIpc) is 3.68. The van der Waals surface area contributed by atoms with E-state index in [9.17, 15) is 22.4 Å². The molecule has 1 fully saturated rings. The van der Waals surface area contributed by atoms with Crippen LogP contribution in [0.2, 0.25) is 0 Å². The summed E-state index contributed by atoms with van der Waals surface area (Å²) in [6.07, 6.45) is -0.0246. The zero-order chi connectivity index (χ0) is 29.1. The fourth-order valence-electron chi connectivity index (χ4n) is 4.64. The fraction of sp³-hybridized carbons (Fsp3) is 0.300. The van der Waals surface area contributed by atoms with Crippen molar-refractivity contribution < 1.29 is 27.1 Å². The van der Waals surface area contributed by atoms with Crippen molar-refractivity contribution >= 4 is 5.91 Å². The van der Waals surface area contributed by atoms with Crippen LogP contribution in [-0.2, 0) is 17.5 Å². The standard InChI is InChI=1S/C30H27F4N5O2/c31-24-11-10-22(28(41-17-19-4-5-19)21-8-6-18(15-35)7-9-21)13-25(24)37-29(40)26-14-27(30(32,33)34)38-39(26)23-3-1-2-20(12-23)16-36/h1-3,6-9,11-14,19,22,28H,4-5,10,16-17,36H2,(H,37,40). The number of hydrogen-bond donors (Lipinski definition) is 2. The highest BCUT2D eigenvalue weighted by Crippen LogP contribution is 2.38. The van der Waals surface area contributed by atoms with Crippen molar-refractivity contribution in [2.24, 2.45) is 17.6 Å². The van der Waals surface area contributed by atoms with E-state index in [0.29, 0.717) is 29.7 Å². The van der Waals surface area contributed by atoms with Gasteiger partial charge in [-0.3, -0.25) is 4.79 Å². The number of hydrogen-bond acceptors (Lipinski definition) is 5. The summed E-state index contributed by atoms with van der Waals surface area (Å²) < 4.78 is 62.8. The largest absolute Gasteiger partial charge is 0.435 e. The van der Waals surface area contributed by atoms with Gasteiger partial charge in [0.25, 0.3) is 5.91 Å². The maximum absolute atomic E-state index is 15.0. The lowest BCUT2D eigenvalue weighted by molar-refractivity contribution is -0.141. The number of carbonyl (C=O) groups is 1. The highest BCUT2D eigenvalue weighted by atomic mass is 19.4. The first kappa shape index (κ1) is 28.3. The first-order valence-corrected chi connectivity index (χ1v) is 13.1. The Morgan fingerprint density at radius 2 is 1.95 bits per heavy atom. The molecule has 2 aromatic carbocycles. The van der Waals surface area contributed by atoms with Crippen molar-refractivity contribution in [3.8, 4) is 11.8 Å². The van der Waals surface area contributed by atoms with Gasteiger partial charge in [0.05, 0.1) is 35.7 Å². The third-order valence-electron chi connectivity index (χ3n) is 7.04. The number of amides is 1. The second-order valence-corrected chi connectivity index (χ2v) is 10.1. The van der Waals surface area contributed by atoms with Gasteiger partial charge in [0.15, 0.2) is 5.69 Å². The number of rotatable bonds is 9. The first-order valence-electron chi connectivity index (χ1n) is 13.1. The average molecular weight is 566 g/mol. The molecule has 2 aliphatic rings. The smallest absolute Gasteiger partial charge is 0.373 e. The number of nitriles is 1. The van der Waals surface area contributed by atoms with Crippen LogP contribution in [0.1, 0.15) is 58.2 Å². The Morgan fingerprint density at radius 3 is 2.61 bits per heavy atom. The molecule has 1 heterocycles. The van der Waals surface area contributed by atoms with Crippen LogP contribution in [0.4, 0.5) is 17.6 Å². The highest BCUT2D eigenvalue weighted by Gasteiger charge is 2.37. The van der Waals surface area contributed by atoms with Crippen LogP contribution < -0.4 is 11.1 Å². The molecule has 0 aliphatic heterocycles. The second kappa shape index (κ2) is 11.7. The quantitative estimate of drug-likeness (QED) is 0.316. The molecule has 1 amide bonds. The van der Waals surface area contributed by atoms with Crippen LogP contribution in [0.3, 0.4) is 0 Å². The number of carbonyl (C=O) groups excluding carboxylic acids is 1. The SMILES string of the molecule is N#Cc1ccc(C(OCC2CC2)C2C=C(NC(=O)c3cc(C(F)(F)F)nn3-c3cccc(CN)c3)C(F)=CC2)cc1. The van der Waals surface area contributed by atoms with E-state index in [-0.39, 0.29) is 30.3 Å². The van der Waals surface area contributed by atoms with Gasteiger partial charge in [0.2, 0.25) is 0 Å². The number of aromatic nitrogens is 2. The summed E-state index contributed by atoms with van der Waals surface area (Å²) >= 11 is 0. The summed E-state index contributed by atoms with van der Waals surface area (Å²) in [5.41, 5.74) is 5.93. The number of allylic oxidation sites excluding steroid dienone is 2. The monoisotopic (exact) mass is 565 g/mol. The summed E-state index contributed by atoms with van der Waals surface area (Å²) in [5.74, 6) is -1.60. The second-order valence-electron chi connectivity index (χ2n) is 10.1. The zero-order valence-corrected chi connectivity index (χ0v) is 21.9. The normalized spacial score (nSPS) is 17.8. The molecule has 0 saturated heterocycles. The van der Waals surface area contributed by atoms with Gasteiger partial charge in [0, 0.05) is 18.5 Å². The van der Waals surface area contributed by atoms with E-state index >= 15 is 0 Å². The van der Waals surface area contributed by atoms with Crippen molar-refractivity contribution in [2.75, 3.05) is 6.61 Å². The van der Waals surface area contributed by atoms with Crippen LogP contribution in [-0.4, -0.2) is 22.3 Å². The molecular formula is C30H27F4N5O2. The Bertz CT molecular complexity index is 1530. The molecular weight excluding hydrogens is 538 g/mol. The molecule has 1 aromatic heterocycles. The van der Waals surface area contributed by atoms with Gasteiger partial charge >= 0.3 is 6.18 Å². The first-order chi connectivity index (χ1) is 19.7. The lowest BCUT2D eigenvalue weighted by Gasteiger charge is -2.28. The number of nitrogens with two attached hydrogens (primary N) is 1. The van der Waals surface area contributed by atoms with Gasteiger partial charge in [-0.25, -0.2) is 9.07 Å². The van der Waals surface area contributed by atoms with Crippen LogP contribution in [0.25, 0.3) is 5.69 Å². The van der Waals surface area contributed by atoms with Gasteiger partial charge in [-0.2, -0.15) is 23.5 Å². The van der Waals surface area contributed by atoms with E-state index in [2.05, 4.69) is 16.5 Å². The molecule has 0 spiro atoms. The van der Waals surface area contributed by atoms with Crippen molar-refractivity contribution in [3.63, 3.8) is 0 Å². The summed E-state index contributed by atoms with van der Waals surface area (Å²) in [7, 11) is 0. The molecule has 2 aliphatic carbocycles. The van der Waals surface area contributed by atoms with E-state index in [1.165, 1.54) is 24.3 Å². The van der Waals surface area contributed by atoms with Crippen molar-refractivity contribution in [2.45, 2.75) is 38.1 Å². The number of nitrogens with one attached hydrogen (secondary N) is 1. The van der Waals surface area contributed by atoms with E-state index < -0.39 is 35.4 Å². The Morgan fingerprint density at radius 1 is 1.20 bits per heavy atom. The highest BCUT2D eigenvalue weighted by molar-refractivity contribution is 5.95. The van der Waals surface area contributed by atoms with Crippen LogP contribution in [0.5, 0.6) is 0 Å².